The molecule has 1 amide bonds. The average molecular weight is 308 g/mol. The minimum Gasteiger partial charge on any atom is -0.379 e. The van der Waals surface area contributed by atoms with Crippen LogP contribution in [0.1, 0.15) is 32.8 Å². The smallest absolute Gasteiger partial charge is 0.241 e. The molecule has 0 aliphatic rings. The van der Waals surface area contributed by atoms with Gasteiger partial charge in [-0.1, -0.05) is 32.4 Å². The molecule has 0 aromatic heterocycles. The van der Waals surface area contributed by atoms with Gasteiger partial charge in [0.15, 0.2) is 0 Å². The van der Waals surface area contributed by atoms with Crippen LogP contribution in [-0.4, -0.2) is 31.8 Å². The number of rotatable bonds is 10. The van der Waals surface area contributed by atoms with Crippen molar-refractivity contribution in [3.63, 3.8) is 0 Å². The second kappa shape index (κ2) is 10.3. The van der Waals surface area contributed by atoms with E-state index in [1.807, 2.05) is 45.0 Å². The molecule has 22 heavy (non-hydrogen) atoms. The summed E-state index contributed by atoms with van der Waals surface area (Å²) in [6.45, 7) is 8.30. The standard InChI is InChI=1S/C17H28N2O3/c1-4-13(3)16(18)17(20)19-15-8-6-7-14(11-15)12-22-10-9-21-5-2/h6-8,11,13,16H,4-5,9-10,12,18H2,1-3H3,(H,19,20). The first kappa shape index (κ1) is 18.6. The third kappa shape index (κ3) is 6.56. The van der Waals surface area contributed by atoms with E-state index >= 15 is 0 Å². The fraction of sp³-hybridized carbons (Fsp3) is 0.588. The normalized spacial score (nSPS) is 13.6. The van der Waals surface area contributed by atoms with Gasteiger partial charge in [0.25, 0.3) is 0 Å². The molecule has 2 atom stereocenters. The number of nitrogens with one attached hydrogen (secondary N) is 1. The first-order valence-corrected chi connectivity index (χ1v) is 7.89. The molecule has 0 aliphatic heterocycles. The number of nitrogens with two attached hydrogens (primary N) is 1. The molecular formula is C17H28N2O3. The molecule has 0 saturated heterocycles. The maximum absolute atomic E-state index is 12.1. The van der Waals surface area contributed by atoms with Crippen LogP contribution in [0.25, 0.3) is 0 Å². The SMILES string of the molecule is CCOCCOCc1cccc(NC(=O)C(N)C(C)CC)c1. The Morgan fingerprint density at radius 2 is 2.00 bits per heavy atom. The van der Waals surface area contributed by atoms with Crippen LogP contribution >= 0.6 is 0 Å². The minimum atomic E-state index is -0.490. The number of anilines is 1. The van der Waals surface area contributed by atoms with Crippen LogP contribution in [0.3, 0.4) is 0 Å². The van der Waals surface area contributed by atoms with E-state index in [4.69, 9.17) is 15.2 Å². The predicted octanol–water partition coefficient (Wildman–Crippen LogP) is 2.55. The van der Waals surface area contributed by atoms with Gasteiger partial charge in [0.1, 0.15) is 0 Å². The van der Waals surface area contributed by atoms with E-state index in [-0.39, 0.29) is 11.8 Å². The molecule has 0 spiro atoms. The van der Waals surface area contributed by atoms with Crippen LogP contribution < -0.4 is 11.1 Å². The number of ether oxygens (including phenoxy) is 2. The van der Waals surface area contributed by atoms with Crippen molar-refractivity contribution in [2.24, 2.45) is 11.7 Å². The van der Waals surface area contributed by atoms with E-state index in [1.54, 1.807) is 0 Å². The fourth-order valence-electron chi connectivity index (χ4n) is 1.93. The Morgan fingerprint density at radius 3 is 2.68 bits per heavy atom. The van der Waals surface area contributed by atoms with Gasteiger partial charge < -0.3 is 20.5 Å². The highest BCUT2D eigenvalue weighted by Crippen LogP contribution is 2.13. The van der Waals surface area contributed by atoms with Gasteiger partial charge in [0.2, 0.25) is 5.91 Å². The molecule has 1 aromatic carbocycles. The van der Waals surface area contributed by atoms with Gasteiger partial charge in [0, 0.05) is 12.3 Å². The molecule has 0 bridgehead atoms. The molecule has 0 heterocycles. The Hall–Kier alpha value is -1.43. The monoisotopic (exact) mass is 308 g/mol. The van der Waals surface area contributed by atoms with Gasteiger partial charge >= 0.3 is 0 Å². The molecule has 0 fully saturated rings. The number of carbonyl (C=O) groups is 1. The Kier molecular flexibility index (Phi) is 8.74. The number of hydrogen-bond donors (Lipinski definition) is 2. The number of carbonyl (C=O) groups excluding carboxylic acids is 1. The van der Waals surface area contributed by atoms with Crippen LogP contribution in [0, 0.1) is 5.92 Å². The third-order valence-corrected chi connectivity index (χ3v) is 3.60. The summed E-state index contributed by atoms with van der Waals surface area (Å²) in [6, 6.07) is 7.12. The Balaban J connectivity index is 2.48. The molecule has 2 unspecified atom stereocenters. The first-order chi connectivity index (χ1) is 10.6. The van der Waals surface area contributed by atoms with Crippen LogP contribution in [-0.2, 0) is 20.9 Å². The maximum Gasteiger partial charge on any atom is 0.241 e. The van der Waals surface area contributed by atoms with E-state index in [0.29, 0.717) is 26.4 Å². The van der Waals surface area contributed by atoms with Gasteiger partial charge in [-0.25, -0.2) is 0 Å². The summed E-state index contributed by atoms with van der Waals surface area (Å²) in [7, 11) is 0. The average Bonchev–Trinajstić information content (AvgIpc) is 2.53. The van der Waals surface area contributed by atoms with Crippen molar-refractivity contribution in [3.05, 3.63) is 29.8 Å². The van der Waals surface area contributed by atoms with Gasteiger partial charge in [-0.3, -0.25) is 4.79 Å². The molecule has 5 nitrogen and oxygen atoms in total. The Bertz CT molecular complexity index is 451. The van der Waals surface area contributed by atoms with Crippen molar-refractivity contribution in [2.75, 3.05) is 25.1 Å². The molecule has 0 saturated carbocycles. The molecule has 3 N–H and O–H groups in total. The van der Waals surface area contributed by atoms with Gasteiger partial charge in [-0.2, -0.15) is 0 Å². The lowest BCUT2D eigenvalue weighted by Crippen LogP contribution is -2.40. The Morgan fingerprint density at radius 1 is 1.27 bits per heavy atom. The lowest BCUT2D eigenvalue weighted by atomic mass is 9.99. The zero-order valence-electron chi connectivity index (χ0n) is 13.8. The summed E-state index contributed by atoms with van der Waals surface area (Å²) >= 11 is 0. The van der Waals surface area contributed by atoms with Crippen molar-refractivity contribution in [1.82, 2.24) is 0 Å². The summed E-state index contributed by atoms with van der Waals surface area (Å²) in [4.78, 5) is 12.1. The van der Waals surface area contributed by atoms with Gasteiger partial charge in [-0.15, -0.1) is 0 Å². The highest BCUT2D eigenvalue weighted by Gasteiger charge is 2.19. The van der Waals surface area contributed by atoms with Crippen LogP contribution in [0.15, 0.2) is 24.3 Å². The van der Waals surface area contributed by atoms with Crippen LogP contribution in [0.4, 0.5) is 5.69 Å². The lowest BCUT2D eigenvalue weighted by molar-refractivity contribution is -0.118. The van der Waals surface area contributed by atoms with Crippen LogP contribution in [0.2, 0.25) is 0 Å². The van der Waals surface area contributed by atoms with Crippen molar-refractivity contribution >= 4 is 11.6 Å². The fourth-order valence-corrected chi connectivity index (χ4v) is 1.93. The molecule has 0 aliphatic carbocycles. The molecule has 5 heteroatoms. The first-order valence-electron chi connectivity index (χ1n) is 7.89. The topological polar surface area (TPSA) is 73.6 Å². The summed E-state index contributed by atoms with van der Waals surface area (Å²) in [5.41, 5.74) is 7.68. The second-order valence-corrected chi connectivity index (χ2v) is 5.35. The van der Waals surface area contributed by atoms with E-state index < -0.39 is 6.04 Å². The van der Waals surface area contributed by atoms with Crippen LogP contribution in [0.5, 0.6) is 0 Å². The minimum absolute atomic E-state index is 0.149. The largest absolute Gasteiger partial charge is 0.379 e. The zero-order chi connectivity index (χ0) is 16.4. The molecule has 1 rings (SSSR count). The Labute approximate surface area is 133 Å². The lowest BCUT2D eigenvalue weighted by Gasteiger charge is -2.18. The quantitative estimate of drug-likeness (QED) is 0.652. The summed E-state index contributed by atoms with van der Waals surface area (Å²) in [6.07, 6.45) is 0.877. The summed E-state index contributed by atoms with van der Waals surface area (Å²) < 4.78 is 10.7. The maximum atomic E-state index is 12.1. The predicted molar refractivity (Wildman–Crippen MR) is 88.7 cm³/mol. The van der Waals surface area contributed by atoms with Crippen molar-refractivity contribution in [2.45, 2.75) is 39.8 Å². The highest BCUT2D eigenvalue weighted by molar-refractivity contribution is 5.94. The van der Waals surface area contributed by atoms with Gasteiger partial charge in [0.05, 0.1) is 25.9 Å². The third-order valence-electron chi connectivity index (χ3n) is 3.60. The van der Waals surface area contributed by atoms with E-state index in [9.17, 15) is 4.79 Å². The van der Waals surface area contributed by atoms with Crippen molar-refractivity contribution in [1.29, 1.82) is 0 Å². The van der Waals surface area contributed by atoms with E-state index in [2.05, 4.69) is 5.32 Å². The molecule has 0 radical (unpaired) electrons. The van der Waals surface area contributed by atoms with E-state index in [0.717, 1.165) is 17.7 Å². The number of hydrogen-bond acceptors (Lipinski definition) is 4. The van der Waals surface area contributed by atoms with Crippen molar-refractivity contribution < 1.29 is 14.3 Å². The summed E-state index contributed by atoms with van der Waals surface area (Å²) in [5, 5.41) is 2.86. The zero-order valence-corrected chi connectivity index (χ0v) is 13.8. The molecule has 1 aromatic rings. The number of amides is 1. The van der Waals surface area contributed by atoms with Gasteiger partial charge in [-0.05, 0) is 30.5 Å². The van der Waals surface area contributed by atoms with Crippen molar-refractivity contribution in [3.8, 4) is 0 Å². The molecular weight excluding hydrogens is 280 g/mol. The highest BCUT2D eigenvalue weighted by atomic mass is 16.5. The summed E-state index contributed by atoms with van der Waals surface area (Å²) in [5.74, 6) is 0.00819. The van der Waals surface area contributed by atoms with E-state index in [1.165, 1.54) is 0 Å². The second-order valence-electron chi connectivity index (χ2n) is 5.35. The molecule has 124 valence electrons. The number of benzene rings is 1.